The molecule has 0 fully saturated rings. The van der Waals surface area contributed by atoms with Crippen LogP contribution in [0, 0.1) is 0 Å². The number of rotatable bonds is 1. The fourth-order valence-electron chi connectivity index (χ4n) is 0.936. The van der Waals surface area contributed by atoms with Gasteiger partial charge in [0.25, 0.3) is 0 Å². The molecule has 0 unspecified atom stereocenters. The maximum absolute atomic E-state index is 4.30. The zero-order valence-corrected chi connectivity index (χ0v) is 10.4. The van der Waals surface area contributed by atoms with E-state index >= 15 is 0 Å². The topological polar surface area (TPSA) is 25.8 Å². The average Bonchev–Trinajstić information content (AvgIpc) is 2.52. The van der Waals surface area contributed by atoms with Crippen molar-refractivity contribution in [1.82, 2.24) is 9.97 Å². The van der Waals surface area contributed by atoms with Crippen LogP contribution in [-0.2, 0) is 0 Å². The molecule has 13 heavy (non-hydrogen) atoms. The summed E-state index contributed by atoms with van der Waals surface area (Å²) in [5, 5.41) is 1.99. The molecule has 0 atom stereocenters. The van der Waals surface area contributed by atoms with Crippen LogP contribution in [0.1, 0.15) is 0 Å². The van der Waals surface area contributed by atoms with Crippen molar-refractivity contribution in [3.63, 3.8) is 0 Å². The van der Waals surface area contributed by atoms with Crippen molar-refractivity contribution in [2.75, 3.05) is 0 Å². The van der Waals surface area contributed by atoms with Crippen LogP contribution in [0.5, 0.6) is 0 Å². The molecule has 2 aromatic heterocycles. The SMILES string of the molecule is Brc1cncc(-c2csc(Br)n2)c1. The van der Waals surface area contributed by atoms with E-state index in [4.69, 9.17) is 0 Å². The number of thiazole rings is 1. The van der Waals surface area contributed by atoms with E-state index in [1.54, 1.807) is 23.7 Å². The fourth-order valence-corrected chi connectivity index (χ4v) is 2.32. The van der Waals surface area contributed by atoms with Gasteiger partial charge in [-0.1, -0.05) is 0 Å². The standard InChI is InChI=1S/C8H4Br2N2S/c9-6-1-5(2-11-3-6)7-4-13-8(10)12-7/h1-4H. The lowest BCUT2D eigenvalue weighted by molar-refractivity contribution is 1.28. The summed E-state index contributed by atoms with van der Waals surface area (Å²) in [5.41, 5.74) is 1.97. The highest BCUT2D eigenvalue weighted by molar-refractivity contribution is 9.11. The molecule has 2 heterocycles. The molecule has 0 N–H and O–H groups in total. The van der Waals surface area contributed by atoms with Crippen molar-refractivity contribution in [1.29, 1.82) is 0 Å². The number of hydrogen-bond donors (Lipinski definition) is 0. The highest BCUT2D eigenvalue weighted by Gasteiger charge is 2.02. The van der Waals surface area contributed by atoms with E-state index in [9.17, 15) is 0 Å². The van der Waals surface area contributed by atoms with Gasteiger partial charge in [0.1, 0.15) is 0 Å². The van der Waals surface area contributed by atoms with Crippen molar-refractivity contribution in [3.8, 4) is 11.3 Å². The predicted octanol–water partition coefficient (Wildman–Crippen LogP) is 3.73. The first-order valence-electron chi connectivity index (χ1n) is 3.47. The molecular weight excluding hydrogens is 316 g/mol. The van der Waals surface area contributed by atoms with Gasteiger partial charge >= 0.3 is 0 Å². The van der Waals surface area contributed by atoms with E-state index in [0.29, 0.717) is 0 Å². The van der Waals surface area contributed by atoms with Crippen LogP contribution < -0.4 is 0 Å². The van der Waals surface area contributed by atoms with E-state index in [-0.39, 0.29) is 0 Å². The molecule has 0 aromatic carbocycles. The summed E-state index contributed by atoms with van der Waals surface area (Å²) in [4.78, 5) is 8.37. The van der Waals surface area contributed by atoms with Gasteiger partial charge in [-0.05, 0) is 37.9 Å². The second-order valence-corrected chi connectivity index (χ2v) is 5.43. The maximum Gasteiger partial charge on any atom is 0.159 e. The Morgan fingerprint density at radius 1 is 1.23 bits per heavy atom. The van der Waals surface area contributed by atoms with Gasteiger partial charge < -0.3 is 0 Å². The van der Waals surface area contributed by atoms with Gasteiger partial charge in [0.05, 0.1) is 5.69 Å². The van der Waals surface area contributed by atoms with E-state index in [0.717, 1.165) is 19.6 Å². The summed E-state index contributed by atoms with van der Waals surface area (Å²) >= 11 is 8.26. The lowest BCUT2D eigenvalue weighted by atomic mass is 10.2. The maximum atomic E-state index is 4.30. The summed E-state index contributed by atoms with van der Waals surface area (Å²) in [6.07, 6.45) is 3.55. The van der Waals surface area contributed by atoms with Crippen LogP contribution in [-0.4, -0.2) is 9.97 Å². The molecule has 0 aliphatic rings. The van der Waals surface area contributed by atoms with Crippen LogP contribution >= 0.6 is 43.2 Å². The Morgan fingerprint density at radius 3 is 2.69 bits per heavy atom. The number of nitrogens with zero attached hydrogens (tertiary/aromatic N) is 2. The van der Waals surface area contributed by atoms with Crippen LogP contribution in [0.25, 0.3) is 11.3 Å². The smallest absolute Gasteiger partial charge is 0.159 e. The van der Waals surface area contributed by atoms with Crippen LogP contribution in [0.4, 0.5) is 0 Å². The van der Waals surface area contributed by atoms with E-state index in [2.05, 4.69) is 41.8 Å². The summed E-state index contributed by atoms with van der Waals surface area (Å²) < 4.78 is 1.86. The number of hydrogen-bond acceptors (Lipinski definition) is 3. The average molecular weight is 320 g/mol. The molecule has 0 aliphatic heterocycles. The number of aromatic nitrogens is 2. The van der Waals surface area contributed by atoms with E-state index in [1.165, 1.54) is 0 Å². The first-order valence-corrected chi connectivity index (χ1v) is 5.94. The summed E-state index contributed by atoms with van der Waals surface area (Å²) in [6.45, 7) is 0. The third kappa shape index (κ3) is 2.15. The normalized spacial score (nSPS) is 10.3. The summed E-state index contributed by atoms with van der Waals surface area (Å²) in [7, 11) is 0. The second kappa shape index (κ2) is 3.86. The molecule has 5 heteroatoms. The number of pyridine rings is 1. The molecule has 0 aliphatic carbocycles. The lowest BCUT2D eigenvalue weighted by Crippen LogP contribution is -1.79. The van der Waals surface area contributed by atoms with E-state index in [1.807, 2.05) is 11.4 Å². The third-order valence-corrected chi connectivity index (χ3v) is 3.28. The van der Waals surface area contributed by atoms with Crippen molar-refractivity contribution in [3.05, 3.63) is 32.2 Å². The minimum atomic E-state index is 0.891. The van der Waals surface area contributed by atoms with Gasteiger partial charge in [0.2, 0.25) is 0 Å². The Hall–Kier alpha value is -0.260. The van der Waals surface area contributed by atoms with Gasteiger partial charge in [0, 0.05) is 27.8 Å². The quantitative estimate of drug-likeness (QED) is 0.800. The Balaban J connectivity index is 2.46. The Kier molecular flexibility index (Phi) is 2.76. The molecule has 0 radical (unpaired) electrons. The van der Waals surface area contributed by atoms with Crippen molar-refractivity contribution < 1.29 is 0 Å². The minimum Gasteiger partial charge on any atom is -0.263 e. The van der Waals surface area contributed by atoms with Crippen LogP contribution in [0.2, 0.25) is 0 Å². The molecule has 2 aromatic rings. The lowest BCUT2D eigenvalue weighted by Gasteiger charge is -1.95. The fraction of sp³-hybridized carbons (Fsp3) is 0. The molecule has 0 amide bonds. The third-order valence-electron chi connectivity index (χ3n) is 1.48. The van der Waals surface area contributed by atoms with Gasteiger partial charge in [-0.15, -0.1) is 11.3 Å². The molecule has 0 saturated heterocycles. The monoisotopic (exact) mass is 318 g/mol. The molecule has 66 valence electrons. The molecule has 2 rings (SSSR count). The Morgan fingerprint density at radius 2 is 2.08 bits per heavy atom. The van der Waals surface area contributed by atoms with E-state index < -0.39 is 0 Å². The zero-order chi connectivity index (χ0) is 9.26. The highest BCUT2D eigenvalue weighted by atomic mass is 79.9. The minimum absolute atomic E-state index is 0.891. The Bertz CT molecular complexity index is 428. The van der Waals surface area contributed by atoms with Crippen LogP contribution in [0.3, 0.4) is 0 Å². The van der Waals surface area contributed by atoms with Gasteiger partial charge in [0.15, 0.2) is 3.92 Å². The summed E-state index contributed by atoms with van der Waals surface area (Å²) in [6, 6.07) is 1.99. The predicted molar refractivity (Wildman–Crippen MR) is 60.7 cm³/mol. The van der Waals surface area contributed by atoms with Gasteiger partial charge in [-0.3, -0.25) is 4.98 Å². The van der Waals surface area contributed by atoms with Gasteiger partial charge in [-0.2, -0.15) is 0 Å². The Labute approximate surface area is 96.3 Å². The van der Waals surface area contributed by atoms with Crippen molar-refractivity contribution in [2.24, 2.45) is 0 Å². The van der Waals surface area contributed by atoms with Crippen molar-refractivity contribution >= 4 is 43.2 Å². The number of halogens is 2. The largest absolute Gasteiger partial charge is 0.263 e. The molecule has 0 saturated carbocycles. The summed E-state index contributed by atoms with van der Waals surface area (Å²) in [5.74, 6) is 0. The van der Waals surface area contributed by atoms with Gasteiger partial charge in [-0.25, -0.2) is 4.98 Å². The zero-order valence-electron chi connectivity index (χ0n) is 6.37. The second-order valence-electron chi connectivity index (χ2n) is 2.38. The van der Waals surface area contributed by atoms with Crippen LogP contribution in [0.15, 0.2) is 32.2 Å². The highest BCUT2D eigenvalue weighted by Crippen LogP contribution is 2.25. The molecule has 0 spiro atoms. The van der Waals surface area contributed by atoms with Crippen molar-refractivity contribution in [2.45, 2.75) is 0 Å². The first kappa shape index (κ1) is 9.30. The molecule has 0 bridgehead atoms. The molecular formula is C8H4Br2N2S. The molecule has 2 nitrogen and oxygen atoms in total. The first-order chi connectivity index (χ1) is 6.25.